The number of anilines is 1. The highest BCUT2D eigenvalue weighted by Crippen LogP contribution is 2.26. The standard InChI is InChI=1S/C13H13ClFN3/c1-2-3-12-11(16)7-17-13(18-12)9-5-4-8(15)6-10(9)14/h4-7H,2-3,16H2,1H3. The molecule has 0 atom stereocenters. The lowest BCUT2D eigenvalue weighted by atomic mass is 10.1. The molecule has 1 aromatic carbocycles. The van der Waals surface area contributed by atoms with E-state index in [4.69, 9.17) is 17.3 Å². The highest BCUT2D eigenvalue weighted by Gasteiger charge is 2.10. The predicted octanol–water partition coefficient (Wildman–Crippen LogP) is 3.47. The largest absolute Gasteiger partial charge is 0.396 e. The molecule has 0 saturated carbocycles. The summed E-state index contributed by atoms with van der Waals surface area (Å²) in [6.45, 7) is 2.05. The van der Waals surface area contributed by atoms with Crippen LogP contribution in [0.15, 0.2) is 24.4 Å². The van der Waals surface area contributed by atoms with Crippen LogP contribution in [0.1, 0.15) is 19.0 Å². The maximum absolute atomic E-state index is 13.0. The molecule has 2 aromatic rings. The van der Waals surface area contributed by atoms with Gasteiger partial charge in [-0.15, -0.1) is 0 Å². The number of benzene rings is 1. The number of hydrogen-bond donors (Lipinski definition) is 1. The first-order valence-electron chi connectivity index (χ1n) is 5.68. The van der Waals surface area contributed by atoms with Crippen LogP contribution < -0.4 is 5.73 Å². The molecule has 0 aliphatic carbocycles. The smallest absolute Gasteiger partial charge is 0.161 e. The summed E-state index contributed by atoms with van der Waals surface area (Å²) in [5.41, 5.74) is 7.77. The van der Waals surface area contributed by atoms with Crippen LogP contribution in [-0.2, 0) is 6.42 Å². The molecule has 2 rings (SSSR count). The summed E-state index contributed by atoms with van der Waals surface area (Å²) in [7, 11) is 0. The van der Waals surface area contributed by atoms with Gasteiger partial charge in [-0.05, 0) is 24.6 Å². The number of nitrogens with zero attached hydrogens (tertiary/aromatic N) is 2. The average Bonchev–Trinajstić information content (AvgIpc) is 2.33. The molecule has 0 saturated heterocycles. The van der Waals surface area contributed by atoms with Gasteiger partial charge in [0.05, 0.1) is 22.6 Å². The minimum atomic E-state index is -0.382. The van der Waals surface area contributed by atoms with Gasteiger partial charge in [0, 0.05) is 5.56 Å². The first-order valence-corrected chi connectivity index (χ1v) is 6.06. The van der Waals surface area contributed by atoms with Gasteiger partial charge in [0.15, 0.2) is 5.82 Å². The zero-order chi connectivity index (χ0) is 13.1. The van der Waals surface area contributed by atoms with Gasteiger partial charge in [0.25, 0.3) is 0 Å². The van der Waals surface area contributed by atoms with Gasteiger partial charge in [-0.25, -0.2) is 14.4 Å². The molecule has 5 heteroatoms. The van der Waals surface area contributed by atoms with Crippen molar-refractivity contribution in [1.82, 2.24) is 9.97 Å². The SMILES string of the molecule is CCCc1nc(-c2ccc(F)cc2Cl)ncc1N. The quantitative estimate of drug-likeness (QED) is 0.924. The van der Waals surface area contributed by atoms with Gasteiger partial charge in [-0.3, -0.25) is 0 Å². The first kappa shape index (κ1) is 12.8. The highest BCUT2D eigenvalue weighted by molar-refractivity contribution is 6.33. The molecule has 0 aliphatic heterocycles. The maximum atomic E-state index is 13.0. The Morgan fingerprint density at radius 3 is 2.83 bits per heavy atom. The van der Waals surface area contributed by atoms with E-state index in [1.165, 1.54) is 12.1 Å². The molecule has 0 bridgehead atoms. The second-order valence-electron chi connectivity index (χ2n) is 3.97. The van der Waals surface area contributed by atoms with E-state index in [1.807, 2.05) is 6.92 Å². The van der Waals surface area contributed by atoms with Crippen molar-refractivity contribution in [3.05, 3.63) is 40.9 Å². The number of nitrogens with two attached hydrogens (primary N) is 1. The summed E-state index contributed by atoms with van der Waals surface area (Å²) in [6.07, 6.45) is 3.28. The number of aromatic nitrogens is 2. The van der Waals surface area contributed by atoms with E-state index in [-0.39, 0.29) is 5.82 Å². The molecule has 0 amide bonds. The predicted molar refractivity (Wildman–Crippen MR) is 70.8 cm³/mol. The van der Waals surface area contributed by atoms with Crippen LogP contribution in [0.25, 0.3) is 11.4 Å². The fourth-order valence-electron chi connectivity index (χ4n) is 1.66. The molecule has 0 fully saturated rings. The van der Waals surface area contributed by atoms with Crippen LogP contribution in [0.3, 0.4) is 0 Å². The van der Waals surface area contributed by atoms with Gasteiger partial charge >= 0.3 is 0 Å². The summed E-state index contributed by atoms with van der Waals surface area (Å²) >= 11 is 5.98. The fraction of sp³-hybridized carbons (Fsp3) is 0.231. The van der Waals surface area contributed by atoms with Gasteiger partial charge in [-0.1, -0.05) is 24.9 Å². The van der Waals surface area contributed by atoms with Crippen molar-refractivity contribution in [3.63, 3.8) is 0 Å². The minimum absolute atomic E-state index is 0.294. The normalized spacial score (nSPS) is 10.6. The summed E-state index contributed by atoms with van der Waals surface area (Å²) in [5.74, 6) is 0.0885. The van der Waals surface area contributed by atoms with Crippen molar-refractivity contribution in [1.29, 1.82) is 0 Å². The van der Waals surface area contributed by atoms with Crippen molar-refractivity contribution in [2.45, 2.75) is 19.8 Å². The molecular weight excluding hydrogens is 253 g/mol. The molecule has 94 valence electrons. The first-order chi connectivity index (χ1) is 8.61. The number of aryl methyl sites for hydroxylation is 1. The highest BCUT2D eigenvalue weighted by atomic mass is 35.5. The van der Waals surface area contributed by atoms with Crippen molar-refractivity contribution < 1.29 is 4.39 Å². The summed E-state index contributed by atoms with van der Waals surface area (Å²) in [5, 5.41) is 0.294. The van der Waals surface area contributed by atoms with E-state index in [2.05, 4.69) is 9.97 Å². The number of hydrogen-bond acceptors (Lipinski definition) is 3. The van der Waals surface area contributed by atoms with Gasteiger partial charge in [0.2, 0.25) is 0 Å². The maximum Gasteiger partial charge on any atom is 0.161 e. The monoisotopic (exact) mass is 265 g/mol. The summed E-state index contributed by atoms with van der Waals surface area (Å²) < 4.78 is 13.0. The Bertz CT molecular complexity index is 572. The summed E-state index contributed by atoms with van der Waals surface area (Å²) in [6, 6.07) is 4.15. The van der Waals surface area contributed by atoms with E-state index in [9.17, 15) is 4.39 Å². The van der Waals surface area contributed by atoms with Crippen molar-refractivity contribution >= 4 is 17.3 Å². The number of rotatable bonds is 3. The van der Waals surface area contributed by atoms with Crippen LogP contribution in [0, 0.1) is 5.82 Å². The zero-order valence-electron chi connectivity index (χ0n) is 9.95. The Kier molecular flexibility index (Phi) is 3.77. The molecular formula is C13H13ClFN3. The molecule has 0 aliphatic rings. The molecule has 0 radical (unpaired) electrons. The van der Waals surface area contributed by atoms with Crippen LogP contribution in [0.5, 0.6) is 0 Å². The van der Waals surface area contributed by atoms with E-state index in [0.29, 0.717) is 22.1 Å². The number of nitrogen functional groups attached to an aromatic ring is 1. The molecule has 1 heterocycles. The third kappa shape index (κ3) is 2.59. The van der Waals surface area contributed by atoms with E-state index in [0.717, 1.165) is 18.5 Å². The van der Waals surface area contributed by atoms with Gasteiger partial charge in [-0.2, -0.15) is 0 Å². The second-order valence-corrected chi connectivity index (χ2v) is 4.38. The van der Waals surface area contributed by atoms with Gasteiger partial charge < -0.3 is 5.73 Å². The number of halogens is 2. The van der Waals surface area contributed by atoms with Gasteiger partial charge in [0.1, 0.15) is 5.82 Å². The van der Waals surface area contributed by atoms with Crippen molar-refractivity contribution in [2.75, 3.05) is 5.73 Å². The minimum Gasteiger partial charge on any atom is -0.396 e. The molecule has 18 heavy (non-hydrogen) atoms. The molecule has 2 N–H and O–H groups in total. The van der Waals surface area contributed by atoms with E-state index < -0.39 is 0 Å². The lowest BCUT2D eigenvalue weighted by Gasteiger charge is -2.07. The lowest BCUT2D eigenvalue weighted by Crippen LogP contribution is -2.01. The zero-order valence-corrected chi connectivity index (χ0v) is 10.7. The molecule has 1 aromatic heterocycles. The summed E-state index contributed by atoms with van der Waals surface area (Å²) in [4.78, 5) is 8.52. The van der Waals surface area contributed by atoms with Crippen LogP contribution in [0.2, 0.25) is 5.02 Å². The topological polar surface area (TPSA) is 51.8 Å². The second kappa shape index (κ2) is 5.31. The Balaban J connectivity index is 2.47. The Morgan fingerprint density at radius 2 is 2.17 bits per heavy atom. The third-order valence-electron chi connectivity index (χ3n) is 2.56. The van der Waals surface area contributed by atoms with Crippen molar-refractivity contribution in [2.24, 2.45) is 0 Å². The van der Waals surface area contributed by atoms with Crippen LogP contribution >= 0.6 is 11.6 Å². The van der Waals surface area contributed by atoms with Crippen molar-refractivity contribution in [3.8, 4) is 11.4 Å². The lowest BCUT2D eigenvalue weighted by molar-refractivity contribution is 0.628. The van der Waals surface area contributed by atoms with E-state index in [1.54, 1.807) is 12.3 Å². The molecule has 3 nitrogen and oxygen atoms in total. The third-order valence-corrected chi connectivity index (χ3v) is 2.87. The van der Waals surface area contributed by atoms with Crippen LogP contribution in [-0.4, -0.2) is 9.97 Å². The average molecular weight is 266 g/mol. The Hall–Kier alpha value is -1.68. The van der Waals surface area contributed by atoms with E-state index >= 15 is 0 Å². The molecule has 0 spiro atoms. The Labute approximate surface area is 110 Å². The fourth-order valence-corrected chi connectivity index (χ4v) is 1.92. The Morgan fingerprint density at radius 1 is 1.39 bits per heavy atom. The van der Waals surface area contributed by atoms with Crippen LogP contribution in [0.4, 0.5) is 10.1 Å². The molecule has 0 unspecified atom stereocenters.